The van der Waals surface area contributed by atoms with Crippen molar-refractivity contribution in [1.82, 2.24) is 0 Å². The minimum Gasteiger partial charge on any atom is -0.481 e. The van der Waals surface area contributed by atoms with Crippen molar-refractivity contribution in [3.63, 3.8) is 0 Å². The molecule has 0 spiro atoms. The van der Waals surface area contributed by atoms with E-state index in [1.54, 1.807) is 0 Å². The van der Waals surface area contributed by atoms with Crippen LogP contribution in [0.1, 0.15) is 19.3 Å². The zero-order valence-corrected chi connectivity index (χ0v) is 6.33. The van der Waals surface area contributed by atoms with Crippen molar-refractivity contribution in [2.24, 2.45) is 5.92 Å². The molecule has 0 aromatic carbocycles. The van der Waals surface area contributed by atoms with Crippen LogP contribution >= 0.6 is 0 Å². The highest BCUT2D eigenvalue weighted by Gasteiger charge is 2.48. The number of carbonyl (C=O) groups is 1. The third kappa shape index (κ3) is 2.14. The molecule has 0 unspecified atom stereocenters. The van der Waals surface area contributed by atoms with Gasteiger partial charge in [0.15, 0.2) is 0 Å². The van der Waals surface area contributed by atoms with Crippen molar-refractivity contribution in [3.8, 4) is 0 Å². The van der Waals surface area contributed by atoms with E-state index in [-0.39, 0.29) is 12.8 Å². The van der Waals surface area contributed by atoms with E-state index in [9.17, 15) is 13.6 Å². The minimum atomic E-state index is -2.69. The van der Waals surface area contributed by atoms with Crippen LogP contribution in [0.4, 0.5) is 8.78 Å². The first-order valence-corrected chi connectivity index (χ1v) is 3.68. The Hall–Kier alpha value is -0.710. The standard InChI is InChI=1S/C7H10F2O3/c8-7(9)2-4(3-7)5(10)1-6(11)12/h4-5,10H,1-3H2,(H,11,12)/t5-/m1/s1. The lowest BCUT2D eigenvalue weighted by molar-refractivity contribution is -0.155. The number of alkyl halides is 2. The fraction of sp³-hybridized carbons (Fsp3) is 0.857. The number of aliphatic carboxylic acids is 1. The number of hydrogen-bond acceptors (Lipinski definition) is 2. The summed E-state index contributed by atoms with van der Waals surface area (Å²) in [6, 6.07) is 0. The van der Waals surface area contributed by atoms with E-state index in [0.717, 1.165) is 0 Å². The molecule has 0 aliphatic heterocycles. The number of aliphatic hydroxyl groups excluding tert-OH is 1. The first kappa shape index (κ1) is 9.38. The van der Waals surface area contributed by atoms with Gasteiger partial charge in [-0.2, -0.15) is 0 Å². The molecule has 1 aliphatic carbocycles. The third-order valence-corrected chi connectivity index (χ3v) is 2.05. The highest BCUT2D eigenvalue weighted by molar-refractivity contribution is 5.67. The predicted octanol–water partition coefficient (Wildman–Crippen LogP) is 0.867. The van der Waals surface area contributed by atoms with E-state index >= 15 is 0 Å². The molecule has 3 nitrogen and oxygen atoms in total. The summed E-state index contributed by atoms with van der Waals surface area (Å²) in [7, 11) is 0. The van der Waals surface area contributed by atoms with Gasteiger partial charge in [0.1, 0.15) is 0 Å². The summed E-state index contributed by atoms with van der Waals surface area (Å²) in [6.45, 7) is 0. The second-order valence-corrected chi connectivity index (χ2v) is 3.19. The van der Waals surface area contributed by atoms with Gasteiger partial charge in [0.2, 0.25) is 5.92 Å². The number of hydrogen-bond donors (Lipinski definition) is 2. The van der Waals surface area contributed by atoms with E-state index in [2.05, 4.69) is 0 Å². The quantitative estimate of drug-likeness (QED) is 0.677. The maximum Gasteiger partial charge on any atom is 0.305 e. The van der Waals surface area contributed by atoms with Crippen LogP contribution in [0.5, 0.6) is 0 Å². The normalized spacial score (nSPS) is 24.6. The molecule has 1 aliphatic rings. The summed E-state index contributed by atoms with van der Waals surface area (Å²) < 4.78 is 24.5. The van der Waals surface area contributed by atoms with Crippen molar-refractivity contribution in [1.29, 1.82) is 0 Å². The monoisotopic (exact) mass is 180 g/mol. The zero-order valence-electron chi connectivity index (χ0n) is 6.33. The van der Waals surface area contributed by atoms with E-state index < -0.39 is 30.3 Å². The van der Waals surface area contributed by atoms with Gasteiger partial charge in [0.25, 0.3) is 0 Å². The molecule has 0 heterocycles. The molecule has 0 amide bonds. The smallest absolute Gasteiger partial charge is 0.305 e. The topological polar surface area (TPSA) is 57.5 Å². The lowest BCUT2D eigenvalue weighted by Gasteiger charge is -2.37. The van der Waals surface area contributed by atoms with Gasteiger partial charge in [-0.05, 0) is 5.92 Å². The molecule has 1 atom stereocenters. The van der Waals surface area contributed by atoms with Gasteiger partial charge in [-0.3, -0.25) is 4.79 Å². The van der Waals surface area contributed by atoms with Crippen LogP contribution in [0.3, 0.4) is 0 Å². The Morgan fingerprint density at radius 1 is 1.58 bits per heavy atom. The summed E-state index contributed by atoms with van der Waals surface area (Å²) in [5.74, 6) is -4.39. The molecule has 1 saturated carbocycles. The molecule has 0 aromatic heterocycles. The maximum atomic E-state index is 12.2. The Bertz CT molecular complexity index is 185. The summed E-state index contributed by atoms with van der Waals surface area (Å²) in [6.07, 6.45) is -2.34. The number of carboxylic acid groups (broad SMARTS) is 1. The lowest BCUT2D eigenvalue weighted by atomic mass is 9.77. The van der Waals surface area contributed by atoms with Crippen molar-refractivity contribution in [3.05, 3.63) is 0 Å². The molecule has 70 valence electrons. The van der Waals surface area contributed by atoms with Gasteiger partial charge in [-0.1, -0.05) is 0 Å². The van der Waals surface area contributed by atoms with Crippen molar-refractivity contribution >= 4 is 5.97 Å². The van der Waals surface area contributed by atoms with Gasteiger partial charge < -0.3 is 10.2 Å². The van der Waals surface area contributed by atoms with Gasteiger partial charge in [-0.25, -0.2) is 8.78 Å². The van der Waals surface area contributed by atoms with Gasteiger partial charge in [-0.15, -0.1) is 0 Å². The number of aliphatic hydroxyl groups is 1. The average Bonchev–Trinajstić information content (AvgIpc) is 1.80. The average molecular weight is 180 g/mol. The predicted molar refractivity (Wildman–Crippen MR) is 35.9 cm³/mol. The van der Waals surface area contributed by atoms with Crippen LogP contribution in [0.2, 0.25) is 0 Å². The van der Waals surface area contributed by atoms with Crippen molar-refractivity contribution < 1.29 is 23.8 Å². The number of rotatable bonds is 3. The van der Waals surface area contributed by atoms with Gasteiger partial charge >= 0.3 is 5.97 Å². The fourth-order valence-corrected chi connectivity index (χ4v) is 1.33. The molecule has 0 bridgehead atoms. The number of carboxylic acids is 1. The van der Waals surface area contributed by atoms with E-state index in [4.69, 9.17) is 10.2 Å². The summed E-state index contributed by atoms with van der Waals surface area (Å²) in [5, 5.41) is 17.3. The Morgan fingerprint density at radius 3 is 2.42 bits per heavy atom. The van der Waals surface area contributed by atoms with E-state index in [0.29, 0.717) is 0 Å². The van der Waals surface area contributed by atoms with Crippen LogP contribution in [0.25, 0.3) is 0 Å². The summed E-state index contributed by atoms with van der Waals surface area (Å²) >= 11 is 0. The number of halogens is 2. The second kappa shape index (κ2) is 2.97. The molecule has 12 heavy (non-hydrogen) atoms. The minimum absolute atomic E-state index is 0.387. The Labute approximate surface area is 68.0 Å². The molecular formula is C7H10F2O3. The molecule has 0 radical (unpaired) electrons. The van der Waals surface area contributed by atoms with Crippen molar-refractivity contribution in [2.75, 3.05) is 0 Å². The van der Waals surface area contributed by atoms with Crippen LogP contribution in [0, 0.1) is 5.92 Å². The molecule has 0 saturated heterocycles. The maximum absolute atomic E-state index is 12.2. The molecular weight excluding hydrogens is 170 g/mol. The van der Waals surface area contributed by atoms with Crippen LogP contribution in [0.15, 0.2) is 0 Å². The van der Waals surface area contributed by atoms with Crippen molar-refractivity contribution in [2.45, 2.75) is 31.3 Å². The summed E-state index contributed by atoms with van der Waals surface area (Å²) in [4.78, 5) is 10.1. The summed E-state index contributed by atoms with van der Waals surface area (Å²) in [5.41, 5.74) is 0. The highest BCUT2D eigenvalue weighted by atomic mass is 19.3. The van der Waals surface area contributed by atoms with Crippen LogP contribution < -0.4 is 0 Å². The molecule has 2 N–H and O–H groups in total. The van der Waals surface area contributed by atoms with E-state index in [1.165, 1.54) is 0 Å². The highest BCUT2D eigenvalue weighted by Crippen LogP contribution is 2.44. The fourth-order valence-electron chi connectivity index (χ4n) is 1.33. The molecule has 1 fully saturated rings. The largest absolute Gasteiger partial charge is 0.481 e. The third-order valence-electron chi connectivity index (χ3n) is 2.05. The van der Waals surface area contributed by atoms with Crippen LogP contribution in [-0.2, 0) is 4.79 Å². The first-order chi connectivity index (χ1) is 5.41. The van der Waals surface area contributed by atoms with E-state index in [1.807, 2.05) is 0 Å². The first-order valence-electron chi connectivity index (χ1n) is 3.68. The Kier molecular flexibility index (Phi) is 2.32. The molecule has 0 aromatic rings. The SMILES string of the molecule is O=C(O)C[C@@H](O)C1CC(F)(F)C1. The second-order valence-electron chi connectivity index (χ2n) is 3.19. The molecule has 1 rings (SSSR count). The lowest BCUT2D eigenvalue weighted by Crippen LogP contribution is -2.42. The van der Waals surface area contributed by atoms with Gasteiger partial charge in [0.05, 0.1) is 12.5 Å². The molecule has 5 heteroatoms. The van der Waals surface area contributed by atoms with Gasteiger partial charge in [0, 0.05) is 12.8 Å². The Morgan fingerprint density at radius 2 is 2.08 bits per heavy atom. The Balaban J connectivity index is 2.28. The van der Waals surface area contributed by atoms with Crippen LogP contribution in [-0.4, -0.2) is 28.2 Å². The zero-order chi connectivity index (χ0) is 9.35.